The molecule has 4 saturated carbocycles. The topological polar surface area (TPSA) is 35.8 Å². The summed E-state index contributed by atoms with van der Waals surface area (Å²) in [5, 5.41) is 12.0. The first-order valence-corrected chi connectivity index (χ1v) is 8.27. The summed E-state index contributed by atoms with van der Waals surface area (Å²) in [5.74, 6) is 2.08. The number of hydrogen-bond donors (Lipinski definition) is 1. The van der Waals surface area contributed by atoms with E-state index in [0.717, 1.165) is 30.3 Å². The van der Waals surface area contributed by atoms with Gasteiger partial charge in [0.25, 0.3) is 0 Å². The lowest BCUT2D eigenvalue weighted by atomic mass is 9.43. The molecule has 0 aromatic rings. The van der Waals surface area contributed by atoms with Gasteiger partial charge in [0.1, 0.15) is 0 Å². The summed E-state index contributed by atoms with van der Waals surface area (Å²) in [6.45, 7) is 4.42. The van der Waals surface area contributed by atoms with Gasteiger partial charge in [0.05, 0.1) is 6.07 Å². The largest absolute Gasteiger partial charge is 0.316 e. The van der Waals surface area contributed by atoms with E-state index in [4.69, 9.17) is 5.26 Å². The van der Waals surface area contributed by atoms with Crippen LogP contribution in [0, 0.1) is 34.0 Å². The number of rotatable bonds is 6. The molecule has 0 heterocycles. The van der Waals surface area contributed by atoms with Crippen molar-refractivity contribution in [2.75, 3.05) is 13.1 Å². The first kappa shape index (κ1) is 13.4. The molecule has 2 atom stereocenters. The highest BCUT2D eigenvalue weighted by Gasteiger charge is 2.56. The molecule has 0 aromatic carbocycles. The van der Waals surface area contributed by atoms with Crippen LogP contribution in [0.2, 0.25) is 0 Å². The van der Waals surface area contributed by atoms with Gasteiger partial charge in [0, 0.05) is 13.0 Å². The molecule has 0 amide bonds. The molecule has 2 unspecified atom stereocenters. The van der Waals surface area contributed by atoms with E-state index in [1.165, 1.54) is 51.4 Å². The summed E-state index contributed by atoms with van der Waals surface area (Å²) in [6.07, 6.45) is 12.5. The standard InChI is InChI=1S/C17H28N2/c1-2-16-9-14-8-15(10-16)12-17(11-14,13-16)4-7-19-6-3-5-18/h14-15,19H,2-4,6-13H2,1H3. The second kappa shape index (κ2) is 5.09. The van der Waals surface area contributed by atoms with Crippen molar-refractivity contribution in [3.63, 3.8) is 0 Å². The summed E-state index contributed by atoms with van der Waals surface area (Å²) in [7, 11) is 0. The molecule has 2 heteroatoms. The Balaban J connectivity index is 1.59. The third-order valence-electron chi connectivity index (χ3n) is 6.30. The second-order valence-corrected chi connectivity index (χ2v) is 7.72. The molecule has 4 bridgehead atoms. The normalized spacial score (nSPS) is 43.4. The first-order valence-electron chi connectivity index (χ1n) is 8.27. The summed E-state index contributed by atoms with van der Waals surface area (Å²) in [4.78, 5) is 0. The van der Waals surface area contributed by atoms with Gasteiger partial charge < -0.3 is 5.32 Å². The molecule has 0 aromatic heterocycles. The molecule has 19 heavy (non-hydrogen) atoms. The van der Waals surface area contributed by atoms with Crippen LogP contribution < -0.4 is 5.32 Å². The maximum Gasteiger partial charge on any atom is 0.0635 e. The number of nitriles is 1. The van der Waals surface area contributed by atoms with E-state index in [0.29, 0.717) is 11.8 Å². The average Bonchev–Trinajstić information content (AvgIpc) is 2.37. The SMILES string of the molecule is CCC12CC3CC(C1)CC(CCNCCC#N)(C3)C2. The van der Waals surface area contributed by atoms with E-state index in [-0.39, 0.29) is 0 Å². The minimum absolute atomic E-state index is 0.650. The zero-order valence-electron chi connectivity index (χ0n) is 12.4. The summed E-state index contributed by atoms with van der Waals surface area (Å²) in [5.41, 5.74) is 1.39. The summed E-state index contributed by atoms with van der Waals surface area (Å²) < 4.78 is 0. The van der Waals surface area contributed by atoms with Crippen LogP contribution in [0.4, 0.5) is 0 Å². The molecule has 2 nitrogen and oxygen atoms in total. The van der Waals surface area contributed by atoms with Crippen LogP contribution in [0.25, 0.3) is 0 Å². The van der Waals surface area contributed by atoms with Crippen LogP contribution in [0.1, 0.15) is 64.7 Å². The van der Waals surface area contributed by atoms with Crippen LogP contribution in [0.5, 0.6) is 0 Å². The minimum atomic E-state index is 0.650. The predicted octanol–water partition coefficient (Wildman–Crippen LogP) is 3.88. The number of nitrogens with zero attached hydrogens (tertiary/aromatic N) is 1. The Labute approximate surface area is 118 Å². The lowest BCUT2D eigenvalue weighted by Crippen LogP contribution is -2.52. The van der Waals surface area contributed by atoms with Gasteiger partial charge in [-0.15, -0.1) is 0 Å². The van der Waals surface area contributed by atoms with Gasteiger partial charge in [-0.25, -0.2) is 0 Å². The zero-order chi connectivity index (χ0) is 13.3. The van der Waals surface area contributed by atoms with Gasteiger partial charge in [-0.1, -0.05) is 13.3 Å². The van der Waals surface area contributed by atoms with Gasteiger partial charge in [0.2, 0.25) is 0 Å². The molecule has 0 spiro atoms. The van der Waals surface area contributed by atoms with E-state index in [9.17, 15) is 0 Å². The minimum Gasteiger partial charge on any atom is -0.316 e. The maximum absolute atomic E-state index is 8.57. The third-order valence-corrected chi connectivity index (χ3v) is 6.30. The molecule has 4 aliphatic rings. The van der Waals surface area contributed by atoms with Crippen molar-refractivity contribution in [1.29, 1.82) is 5.26 Å². The Kier molecular flexibility index (Phi) is 3.60. The molecule has 4 fully saturated rings. The summed E-state index contributed by atoms with van der Waals surface area (Å²) >= 11 is 0. The molecule has 1 N–H and O–H groups in total. The van der Waals surface area contributed by atoms with Gasteiger partial charge in [0.15, 0.2) is 0 Å². The molecule has 0 aliphatic heterocycles. The Hall–Kier alpha value is -0.550. The molecule has 0 radical (unpaired) electrons. The van der Waals surface area contributed by atoms with Gasteiger partial charge >= 0.3 is 0 Å². The molecular formula is C17H28N2. The first-order chi connectivity index (χ1) is 9.19. The van der Waals surface area contributed by atoms with Crippen molar-refractivity contribution >= 4 is 0 Å². The fourth-order valence-electron chi connectivity index (χ4n) is 5.98. The van der Waals surface area contributed by atoms with Crippen LogP contribution in [0.15, 0.2) is 0 Å². The zero-order valence-corrected chi connectivity index (χ0v) is 12.4. The molecule has 4 rings (SSSR count). The monoisotopic (exact) mass is 260 g/mol. The quantitative estimate of drug-likeness (QED) is 0.736. The molecule has 106 valence electrons. The van der Waals surface area contributed by atoms with E-state index in [1.807, 2.05) is 0 Å². The van der Waals surface area contributed by atoms with Gasteiger partial charge in [-0.3, -0.25) is 0 Å². The van der Waals surface area contributed by atoms with E-state index in [1.54, 1.807) is 0 Å². The Morgan fingerprint density at radius 3 is 2.42 bits per heavy atom. The van der Waals surface area contributed by atoms with Crippen molar-refractivity contribution in [3.8, 4) is 6.07 Å². The Morgan fingerprint density at radius 2 is 1.79 bits per heavy atom. The molecular weight excluding hydrogens is 232 g/mol. The van der Waals surface area contributed by atoms with Crippen molar-refractivity contribution in [1.82, 2.24) is 5.32 Å². The van der Waals surface area contributed by atoms with Crippen LogP contribution in [-0.2, 0) is 0 Å². The Bertz CT molecular complexity index is 354. The van der Waals surface area contributed by atoms with Gasteiger partial charge in [-0.2, -0.15) is 5.26 Å². The lowest BCUT2D eigenvalue weighted by Gasteiger charge is -2.62. The third kappa shape index (κ3) is 2.55. The van der Waals surface area contributed by atoms with Crippen LogP contribution in [-0.4, -0.2) is 13.1 Å². The summed E-state index contributed by atoms with van der Waals surface area (Å²) in [6, 6.07) is 2.21. The maximum atomic E-state index is 8.57. The van der Waals surface area contributed by atoms with E-state index in [2.05, 4.69) is 18.3 Å². The van der Waals surface area contributed by atoms with Crippen molar-refractivity contribution in [3.05, 3.63) is 0 Å². The number of nitrogens with one attached hydrogen (secondary N) is 1. The fourth-order valence-corrected chi connectivity index (χ4v) is 5.98. The lowest BCUT2D eigenvalue weighted by molar-refractivity contribution is -0.114. The second-order valence-electron chi connectivity index (χ2n) is 7.72. The van der Waals surface area contributed by atoms with E-state index >= 15 is 0 Å². The highest BCUT2D eigenvalue weighted by atomic mass is 14.8. The highest BCUT2D eigenvalue weighted by Crippen LogP contribution is 2.67. The molecule has 4 aliphatic carbocycles. The number of hydrogen-bond acceptors (Lipinski definition) is 2. The smallest absolute Gasteiger partial charge is 0.0635 e. The van der Waals surface area contributed by atoms with Crippen molar-refractivity contribution < 1.29 is 0 Å². The van der Waals surface area contributed by atoms with Crippen LogP contribution in [0.3, 0.4) is 0 Å². The van der Waals surface area contributed by atoms with Crippen molar-refractivity contribution in [2.24, 2.45) is 22.7 Å². The predicted molar refractivity (Wildman–Crippen MR) is 77.6 cm³/mol. The fraction of sp³-hybridized carbons (Fsp3) is 0.941. The van der Waals surface area contributed by atoms with Gasteiger partial charge in [-0.05, 0) is 74.2 Å². The van der Waals surface area contributed by atoms with E-state index < -0.39 is 0 Å². The Morgan fingerprint density at radius 1 is 1.11 bits per heavy atom. The highest BCUT2D eigenvalue weighted by molar-refractivity contribution is 5.07. The average molecular weight is 260 g/mol. The van der Waals surface area contributed by atoms with Crippen LogP contribution >= 0.6 is 0 Å². The molecule has 0 saturated heterocycles. The van der Waals surface area contributed by atoms with Crippen molar-refractivity contribution in [2.45, 2.75) is 64.7 Å².